The molecule has 35 heavy (non-hydrogen) atoms. The van der Waals surface area contributed by atoms with Gasteiger partial charge in [0.1, 0.15) is 11.5 Å². The molecule has 6 nitrogen and oxygen atoms in total. The van der Waals surface area contributed by atoms with Gasteiger partial charge in [0.15, 0.2) is 0 Å². The fraction of sp³-hybridized carbons (Fsp3) is 0.120. The van der Waals surface area contributed by atoms with E-state index in [1.165, 1.54) is 31.0 Å². The first-order valence-corrected chi connectivity index (χ1v) is 10.9. The zero-order valence-electron chi connectivity index (χ0n) is 18.3. The molecule has 0 fully saturated rings. The second kappa shape index (κ2) is 9.10. The van der Waals surface area contributed by atoms with Crippen LogP contribution in [0.5, 0.6) is 11.5 Å². The summed E-state index contributed by atoms with van der Waals surface area (Å²) in [5.41, 5.74) is -1.83. The van der Waals surface area contributed by atoms with Gasteiger partial charge < -0.3 is 14.6 Å². The molecule has 1 heterocycles. The van der Waals surface area contributed by atoms with Crippen molar-refractivity contribution in [2.75, 3.05) is 14.2 Å². The molecule has 0 unspecified atom stereocenters. The summed E-state index contributed by atoms with van der Waals surface area (Å²) in [4.78, 5) is 25.7. The van der Waals surface area contributed by atoms with E-state index in [9.17, 15) is 27.9 Å². The molecule has 0 spiro atoms. The van der Waals surface area contributed by atoms with E-state index >= 15 is 0 Å². The Hall–Kier alpha value is -3.79. The van der Waals surface area contributed by atoms with Gasteiger partial charge in [-0.15, -0.1) is 0 Å². The highest BCUT2D eigenvalue weighted by Crippen LogP contribution is 2.44. The number of ether oxygens (including phenoxy) is 2. The van der Waals surface area contributed by atoms with E-state index in [1.54, 1.807) is 36.4 Å². The Labute approximate surface area is 205 Å². The first kappa shape index (κ1) is 24.3. The average molecular weight is 548 g/mol. The highest BCUT2D eigenvalue weighted by molar-refractivity contribution is 9.10. The van der Waals surface area contributed by atoms with Crippen molar-refractivity contribution in [2.24, 2.45) is 0 Å². The number of pyridine rings is 1. The molecule has 0 atom stereocenters. The number of hydrogen-bond acceptors (Lipinski definition) is 4. The first-order valence-electron chi connectivity index (χ1n) is 10.1. The van der Waals surface area contributed by atoms with E-state index in [2.05, 4.69) is 15.9 Å². The number of aromatic nitrogens is 1. The molecule has 3 aromatic carbocycles. The van der Waals surface area contributed by atoms with E-state index in [4.69, 9.17) is 9.47 Å². The van der Waals surface area contributed by atoms with Gasteiger partial charge in [-0.25, -0.2) is 4.79 Å². The molecule has 10 heteroatoms. The smallest absolute Gasteiger partial charge is 0.417 e. The largest absolute Gasteiger partial charge is 0.497 e. The van der Waals surface area contributed by atoms with Crippen LogP contribution in [0.4, 0.5) is 13.2 Å². The van der Waals surface area contributed by atoms with Gasteiger partial charge in [-0.3, -0.25) is 9.36 Å². The maximum atomic E-state index is 13.7. The van der Waals surface area contributed by atoms with Crippen LogP contribution in [0.25, 0.3) is 27.6 Å². The number of carboxylic acid groups (broad SMARTS) is 1. The van der Waals surface area contributed by atoms with Crippen LogP contribution in [0.15, 0.2) is 70.1 Å². The lowest BCUT2D eigenvalue weighted by Crippen LogP contribution is -2.19. The Morgan fingerprint density at radius 1 is 0.971 bits per heavy atom. The summed E-state index contributed by atoms with van der Waals surface area (Å²) in [6.07, 6.45) is -3.24. The van der Waals surface area contributed by atoms with Crippen LogP contribution in [-0.4, -0.2) is 29.9 Å². The molecule has 0 aliphatic carbocycles. The molecule has 0 radical (unpaired) electrons. The van der Waals surface area contributed by atoms with Crippen LogP contribution in [0, 0.1) is 0 Å². The molecule has 0 bridgehead atoms. The third-order valence-electron chi connectivity index (χ3n) is 5.51. The van der Waals surface area contributed by atoms with Crippen molar-refractivity contribution in [3.05, 3.63) is 86.7 Å². The lowest BCUT2D eigenvalue weighted by atomic mass is 9.93. The highest BCUT2D eigenvalue weighted by Gasteiger charge is 2.36. The second-order valence-corrected chi connectivity index (χ2v) is 8.27. The average Bonchev–Trinajstić information content (AvgIpc) is 2.82. The monoisotopic (exact) mass is 547 g/mol. The van der Waals surface area contributed by atoms with Crippen LogP contribution < -0.4 is 15.0 Å². The molecule has 0 aliphatic heterocycles. The van der Waals surface area contributed by atoms with E-state index in [1.807, 2.05) is 0 Å². The zero-order chi connectivity index (χ0) is 25.5. The minimum Gasteiger partial charge on any atom is -0.497 e. The van der Waals surface area contributed by atoms with Gasteiger partial charge in [0.25, 0.3) is 5.56 Å². The van der Waals surface area contributed by atoms with E-state index in [0.717, 1.165) is 6.07 Å². The van der Waals surface area contributed by atoms with Crippen molar-refractivity contribution >= 4 is 32.7 Å². The van der Waals surface area contributed by atoms with Gasteiger partial charge in [-0.1, -0.05) is 0 Å². The van der Waals surface area contributed by atoms with Gasteiger partial charge in [-0.2, -0.15) is 13.2 Å². The number of alkyl halides is 3. The highest BCUT2D eigenvalue weighted by atomic mass is 79.9. The third-order valence-corrected chi connectivity index (χ3v) is 6.34. The van der Waals surface area contributed by atoms with Crippen molar-refractivity contribution in [3.8, 4) is 28.3 Å². The normalized spacial score (nSPS) is 11.5. The number of methoxy groups -OCH3 is 2. The molecular formula is C25H17BrF3NO5. The quantitative estimate of drug-likeness (QED) is 0.324. The van der Waals surface area contributed by atoms with E-state index < -0.39 is 33.3 Å². The Balaban J connectivity index is 2.13. The summed E-state index contributed by atoms with van der Waals surface area (Å²) in [7, 11) is 2.87. The Kier molecular flexibility index (Phi) is 6.33. The van der Waals surface area contributed by atoms with Gasteiger partial charge in [0, 0.05) is 27.5 Å². The number of fused-ring (bicyclic) bond motifs is 1. The number of nitrogens with zero attached hydrogens (tertiary/aromatic N) is 1. The minimum absolute atomic E-state index is 0.0115. The summed E-state index contributed by atoms with van der Waals surface area (Å²) in [5.74, 6) is -0.626. The van der Waals surface area contributed by atoms with Crippen molar-refractivity contribution in [1.82, 2.24) is 4.57 Å². The Morgan fingerprint density at radius 3 is 2.20 bits per heavy atom. The van der Waals surface area contributed by atoms with Crippen molar-refractivity contribution in [2.45, 2.75) is 6.18 Å². The van der Waals surface area contributed by atoms with E-state index in [0.29, 0.717) is 22.9 Å². The molecule has 1 aromatic heterocycles. The topological polar surface area (TPSA) is 77.8 Å². The third kappa shape index (κ3) is 4.37. The Bertz CT molecular complexity index is 1510. The summed E-state index contributed by atoms with van der Waals surface area (Å²) in [6.45, 7) is 0. The fourth-order valence-corrected chi connectivity index (χ4v) is 4.63. The molecule has 4 aromatic rings. The van der Waals surface area contributed by atoms with Crippen molar-refractivity contribution in [3.63, 3.8) is 0 Å². The zero-order valence-corrected chi connectivity index (χ0v) is 19.9. The first-order chi connectivity index (χ1) is 16.6. The summed E-state index contributed by atoms with van der Waals surface area (Å²) in [5, 5.41) is 10.2. The number of aromatic carboxylic acids is 1. The Morgan fingerprint density at radius 2 is 1.63 bits per heavy atom. The lowest BCUT2D eigenvalue weighted by Gasteiger charge is -2.18. The number of rotatable bonds is 5. The summed E-state index contributed by atoms with van der Waals surface area (Å²) in [6, 6.07) is 12.7. The molecule has 0 saturated heterocycles. The van der Waals surface area contributed by atoms with Crippen molar-refractivity contribution in [1.29, 1.82) is 0 Å². The number of benzene rings is 3. The van der Waals surface area contributed by atoms with Gasteiger partial charge in [0.2, 0.25) is 0 Å². The van der Waals surface area contributed by atoms with Crippen LogP contribution in [0.3, 0.4) is 0 Å². The number of carboxylic acids is 1. The molecule has 0 aliphatic rings. The van der Waals surface area contributed by atoms with Crippen LogP contribution in [0.2, 0.25) is 0 Å². The maximum Gasteiger partial charge on any atom is 0.417 e. The standard InChI is InChI=1S/C25H17BrF3NO5/c1-34-15-5-3-14(4-6-15)30-10-9-13-11-16(35-2)12-18(20(13)23(30)31)21-17(24(32)33)7-8-19(22(21)26)25(27,28)29/h3-12H,1-2H3,(H,32,33). The van der Waals surface area contributed by atoms with Gasteiger partial charge in [-0.05, 0) is 75.9 Å². The minimum atomic E-state index is -4.76. The van der Waals surface area contributed by atoms with Gasteiger partial charge in [0.05, 0.1) is 30.7 Å². The summed E-state index contributed by atoms with van der Waals surface area (Å²) < 4.78 is 52.3. The lowest BCUT2D eigenvalue weighted by molar-refractivity contribution is -0.138. The molecular weight excluding hydrogens is 531 g/mol. The van der Waals surface area contributed by atoms with E-state index in [-0.39, 0.29) is 22.3 Å². The SMILES string of the molecule is COc1ccc(-n2ccc3cc(OC)cc(-c4c(C(=O)O)ccc(C(F)(F)F)c4Br)c3c2=O)cc1. The van der Waals surface area contributed by atoms with Crippen LogP contribution in [-0.2, 0) is 6.18 Å². The van der Waals surface area contributed by atoms with Crippen molar-refractivity contribution < 1.29 is 32.5 Å². The molecule has 0 saturated carbocycles. The summed E-state index contributed by atoms with van der Waals surface area (Å²) >= 11 is 2.96. The van der Waals surface area contributed by atoms with Crippen LogP contribution in [0.1, 0.15) is 15.9 Å². The molecule has 180 valence electrons. The van der Waals surface area contributed by atoms with Gasteiger partial charge >= 0.3 is 12.1 Å². The second-order valence-electron chi connectivity index (χ2n) is 7.48. The number of hydrogen-bond donors (Lipinski definition) is 1. The fourth-order valence-electron chi connectivity index (χ4n) is 3.85. The molecule has 0 amide bonds. The molecule has 4 rings (SSSR count). The number of halogens is 4. The predicted molar refractivity (Wildman–Crippen MR) is 128 cm³/mol. The maximum absolute atomic E-state index is 13.7. The predicted octanol–water partition coefficient (Wildman–Crippen LogP) is 6.15. The number of carbonyl (C=O) groups is 1. The van der Waals surface area contributed by atoms with Crippen LogP contribution >= 0.6 is 15.9 Å². The molecule has 1 N–H and O–H groups in total.